The summed E-state index contributed by atoms with van der Waals surface area (Å²) < 4.78 is 2.34. The molecule has 0 saturated carbocycles. The van der Waals surface area contributed by atoms with Gasteiger partial charge < -0.3 is 4.57 Å². The Hall–Kier alpha value is -2.45. The van der Waals surface area contributed by atoms with Gasteiger partial charge in [-0.25, -0.2) is 0 Å². The minimum Gasteiger partial charge on any atom is -0.317 e. The average molecular weight is 359 g/mol. The van der Waals surface area contributed by atoms with Crippen LogP contribution in [0, 0.1) is 10.1 Å². The zero-order valence-corrected chi connectivity index (χ0v) is 14.3. The number of non-ortho nitro benzene ring substituents is 1. The van der Waals surface area contributed by atoms with Crippen LogP contribution in [0.25, 0.3) is 11.8 Å². The molecule has 122 valence electrons. The van der Waals surface area contributed by atoms with Crippen LogP contribution in [-0.4, -0.2) is 31.2 Å². The first kappa shape index (κ1) is 16.4. The number of likely N-dealkylation sites (N-methyl/N-ethyl adjacent to an activating group) is 1. The van der Waals surface area contributed by atoms with Gasteiger partial charge in [-0.15, -0.1) is 0 Å². The van der Waals surface area contributed by atoms with Gasteiger partial charge in [0.05, 0.1) is 15.5 Å². The van der Waals surface area contributed by atoms with E-state index < -0.39 is 4.92 Å². The molecule has 0 bridgehead atoms. The topological polar surface area (TPSA) is 68.4 Å². The number of aromatic nitrogens is 1. The highest BCUT2D eigenvalue weighted by molar-refractivity contribution is 8.26. The molecule has 0 spiro atoms. The Morgan fingerprint density at radius 3 is 2.79 bits per heavy atom. The molecule has 0 atom stereocenters. The normalized spacial score (nSPS) is 16.2. The molecule has 8 heteroatoms. The summed E-state index contributed by atoms with van der Waals surface area (Å²) in [5.74, 6) is -0.112. The van der Waals surface area contributed by atoms with Crippen LogP contribution in [0.15, 0.2) is 47.5 Å². The number of hydrogen-bond acceptors (Lipinski definition) is 5. The Bertz CT molecular complexity index is 873. The van der Waals surface area contributed by atoms with Crippen molar-refractivity contribution in [1.29, 1.82) is 0 Å². The third kappa shape index (κ3) is 2.98. The van der Waals surface area contributed by atoms with Gasteiger partial charge in [0.1, 0.15) is 4.32 Å². The van der Waals surface area contributed by atoms with Crippen LogP contribution >= 0.6 is 24.0 Å². The molecule has 0 unspecified atom stereocenters. The van der Waals surface area contributed by atoms with Crippen molar-refractivity contribution in [2.75, 3.05) is 6.54 Å². The molecule has 0 N–H and O–H groups in total. The summed E-state index contributed by atoms with van der Waals surface area (Å²) in [7, 11) is 0. The fourth-order valence-electron chi connectivity index (χ4n) is 2.41. The zero-order chi connectivity index (χ0) is 17.3. The van der Waals surface area contributed by atoms with Crippen LogP contribution in [0.3, 0.4) is 0 Å². The second kappa shape index (κ2) is 6.58. The van der Waals surface area contributed by atoms with Crippen molar-refractivity contribution >= 4 is 46.0 Å². The summed E-state index contributed by atoms with van der Waals surface area (Å²) in [4.78, 5) is 24.9. The summed E-state index contributed by atoms with van der Waals surface area (Å²) in [6, 6.07) is 10.0. The maximum Gasteiger partial charge on any atom is 0.271 e. The first-order chi connectivity index (χ1) is 11.5. The maximum absolute atomic E-state index is 12.3. The highest BCUT2D eigenvalue weighted by Crippen LogP contribution is 2.32. The molecule has 0 aliphatic carbocycles. The third-order valence-corrected chi connectivity index (χ3v) is 4.95. The van der Waals surface area contributed by atoms with E-state index in [-0.39, 0.29) is 11.6 Å². The van der Waals surface area contributed by atoms with Crippen molar-refractivity contribution in [3.8, 4) is 5.69 Å². The highest BCUT2D eigenvalue weighted by atomic mass is 32.2. The van der Waals surface area contributed by atoms with Crippen molar-refractivity contribution < 1.29 is 9.72 Å². The molecule has 3 rings (SSSR count). The van der Waals surface area contributed by atoms with Gasteiger partial charge >= 0.3 is 0 Å². The molecule has 1 saturated heterocycles. The van der Waals surface area contributed by atoms with Gasteiger partial charge in [0.15, 0.2) is 0 Å². The lowest BCUT2D eigenvalue weighted by molar-refractivity contribution is -0.384. The third-order valence-electron chi connectivity index (χ3n) is 3.57. The second-order valence-corrected chi connectivity index (χ2v) is 6.68. The molecule has 1 amide bonds. The monoisotopic (exact) mass is 359 g/mol. The predicted molar refractivity (Wildman–Crippen MR) is 98.0 cm³/mol. The fourth-order valence-corrected chi connectivity index (χ4v) is 3.78. The van der Waals surface area contributed by atoms with Crippen LogP contribution in [0.5, 0.6) is 0 Å². The first-order valence-corrected chi connectivity index (χ1v) is 8.41. The van der Waals surface area contributed by atoms with Gasteiger partial charge in [-0.2, -0.15) is 0 Å². The predicted octanol–water partition coefficient (Wildman–Crippen LogP) is 3.61. The number of carbonyl (C=O) groups excluding carboxylic acids is 1. The number of nitrogens with zero attached hydrogens (tertiary/aromatic N) is 3. The summed E-state index contributed by atoms with van der Waals surface area (Å²) in [6.45, 7) is 2.41. The molecule has 1 aromatic heterocycles. The number of nitro benzene ring substituents is 1. The lowest BCUT2D eigenvalue weighted by atomic mass is 10.2. The Labute approximate surface area is 147 Å². The van der Waals surface area contributed by atoms with Crippen LogP contribution in [0.2, 0.25) is 0 Å². The zero-order valence-electron chi connectivity index (χ0n) is 12.7. The van der Waals surface area contributed by atoms with E-state index in [1.54, 1.807) is 33.9 Å². The molecule has 0 radical (unpaired) electrons. The van der Waals surface area contributed by atoms with E-state index >= 15 is 0 Å². The molecule has 1 aliphatic rings. The number of benzene rings is 1. The van der Waals surface area contributed by atoms with E-state index in [1.165, 1.54) is 23.9 Å². The van der Waals surface area contributed by atoms with E-state index in [9.17, 15) is 14.9 Å². The van der Waals surface area contributed by atoms with Crippen LogP contribution in [0.1, 0.15) is 12.6 Å². The molecular weight excluding hydrogens is 346 g/mol. The summed E-state index contributed by atoms with van der Waals surface area (Å²) in [5, 5.41) is 11.0. The van der Waals surface area contributed by atoms with Gasteiger partial charge in [-0.3, -0.25) is 19.8 Å². The number of hydrogen-bond donors (Lipinski definition) is 0. The smallest absolute Gasteiger partial charge is 0.271 e. The minimum atomic E-state index is -0.432. The van der Waals surface area contributed by atoms with E-state index in [4.69, 9.17) is 12.2 Å². The number of rotatable bonds is 4. The molecule has 2 heterocycles. The molecule has 24 heavy (non-hydrogen) atoms. The van der Waals surface area contributed by atoms with Crippen molar-refractivity contribution in [2.24, 2.45) is 0 Å². The second-order valence-electron chi connectivity index (χ2n) is 5.01. The largest absolute Gasteiger partial charge is 0.317 e. The van der Waals surface area contributed by atoms with E-state index in [2.05, 4.69) is 0 Å². The number of nitro groups is 1. The van der Waals surface area contributed by atoms with Gasteiger partial charge in [-0.05, 0) is 31.2 Å². The molecular formula is C16H13N3O3S2. The molecule has 1 aromatic carbocycles. The number of amides is 1. The average Bonchev–Trinajstić information content (AvgIpc) is 3.12. The van der Waals surface area contributed by atoms with E-state index in [0.29, 0.717) is 21.5 Å². The Balaban J connectivity index is 1.99. The summed E-state index contributed by atoms with van der Waals surface area (Å²) in [6.07, 6.45) is 3.55. The Morgan fingerprint density at radius 2 is 2.12 bits per heavy atom. The number of carbonyl (C=O) groups is 1. The SMILES string of the molecule is CCN1C(=O)/C(=C/c2cccn2-c2cccc([N+](=O)[O-])c2)SC1=S. The summed E-state index contributed by atoms with van der Waals surface area (Å²) in [5.41, 5.74) is 1.43. The molecule has 6 nitrogen and oxygen atoms in total. The molecule has 1 fully saturated rings. The van der Waals surface area contributed by atoms with Crippen LogP contribution in [0.4, 0.5) is 5.69 Å². The maximum atomic E-state index is 12.3. The first-order valence-electron chi connectivity index (χ1n) is 7.19. The van der Waals surface area contributed by atoms with E-state index in [0.717, 1.165) is 5.69 Å². The van der Waals surface area contributed by atoms with Gasteiger partial charge in [0.25, 0.3) is 11.6 Å². The van der Waals surface area contributed by atoms with Crippen LogP contribution < -0.4 is 0 Å². The molecule has 1 aliphatic heterocycles. The van der Waals surface area contributed by atoms with Gasteiger partial charge in [0, 0.05) is 30.6 Å². The van der Waals surface area contributed by atoms with Gasteiger partial charge in [0.2, 0.25) is 0 Å². The van der Waals surface area contributed by atoms with Crippen LogP contribution in [-0.2, 0) is 4.79 Å². The van der Waals surface area contributed by atoms with Crippen molar-refractivity contribution in [1.82, 2.24) is 9.47 Å². The van der Waals surface area contributed by atoms with Crippen molar-refractivity contribution in [3.05, 3.63) is 63.3 Å². The number of thioether (sulfide) groups is 1. The highest BCUT2D eigenvalue weighted by Gasteiger charge is 2.30. The Kier molecular flexibility index (Phi) is 4.50. The molecule has 2 aromatic rings. The lowest BCUT2D eigenvalue weighted by Gasteiger charge is -2.10. The van der Waals surface area contributed by atoms with E-state index in [1.807, 2.05) is 19.1 Å². The van der Waals surface area contributed by atoms with Gasteiger partial charge in [-0.1, -0.05) is 30.0 Å². The minimum absolute atomic E-state index is 0.0180. The summed E-state index contributed by atoms with van der Waals surface area (Å²) >= 11 is 6.47. The lowest BCUT2D eigenvalue weighted by Crippen LogP contribution is -2.27. The van der Waals surface area contributed by atoms with Crippen molar-refractivity contribution in [3.63, 3.8) is 0 Å². The quantitative estimate of drug-likeness (QED) is 0.361. The standard InChI is InChI=1S/C16H13N3O3S2/c1-2-17-15(20)14(24-16(17)23)10-12-7-4-8-18(12)11-5-3-6-13(9-11)19(21)22/h3-10H,2H2,1H3/b14-10-. The number of thiocarbonyl (C=S) groups is 1. The Morgan fingerprint density at radius 1 is 1.33 bits per heavy atom. The van der Waals surface area contributed by atoms with Crippen molar-refractivity contribution in [2.45, 2.75) is 6.92 Å². The fraction of sp³-hybridized carbons (Fsp3) is 0.125.